The molecule has 9 heteroatoms. The minimum atomic E-state index is 0.231. The third kappa shape index (κ3) is 4.26. The van der Waals surface area contributed by atoms with Crippen LogP contribution in [0.25, 0.3) is 0 Å². The molecule has 0 aromatic carbocycles. The van der Waals surface area contributed by atoms with Crippen molar-refractivity contribution >= 4 is 29.2 Å². The van der Waals surface area contributed by atoms with E-state index in [1.807, 2.05) is 6.07 Å². The minimum absolute atomic E-state index is 0.231. The van der Waals surface area contributed by atoms with Gasteiger partial charge < -0.3 is 19.9 Å². The number of hydrogen-bond acceptors (Lipinski definition) is 8. The minimum Gasteiger partial charge on any atom is -0.378 e. The van der Waals surface area contributed by atoms with Gasteiger partial charge in [0, 0.05) is 44.6 Å². The number of hydrogen-bond donors (Lipinski definition) is 1. The molecule has 2 aromatic rings. The van der Waals surface area contributed by atoms with Crippen LogP contribution in [-0.4, -0.2) is 60.4 Å². The van der Waals surface area contributed by atoms with E-state index in [-0.39, 0.29) is 6.04 Å². The Labute approximate surface area is 169 Å². The molecule has 2 aliphatic rings. The zero-order valence-corrected chi connectivity index (χ0v) is 16.3. The van der Waals surface area contributed by atoms with Gasteiger partial charge in [0.05, 0.1) is 23.8 Å². The van der Waals surface area contributed by atoms with Gasteiger partial charge in [0.2, 0.25) is 5.95 Å². The standard InChI is InChI=1S/C19H22ClN7O/c20-16-10-14(11-21)12-23-18(16)27-5-1-2-15(13-27)24-17-3-4-22-19(25-17)26-6-8-28-9-7-26/h3-4,10,12,15H,1-2,5-9,13H2,(H,22,24,25). The lowest BCUT2D eigenvalue weighted by Gasteiger charge is -2.34. The first-order chi connectivity index (χ1) is 13.7. The van der Waals surface area contributed by atoms with E-state index in [1.165, 1.54) is 0 Å². The maximum Gasteiger partial charge on any atom is 0.227 e. The van der Waals surface area contributed by atoms with Crippen LogP contribution in [0.5, 0.6) is 0 Å². The fourth-order valence-corrected chi connectivity index (χ4v) is 3.85. The average Bonchev–Trinajstić information content (AvgIpc) is 2.74. The molecule has 1 unspecified atom stereocenters. The van der Waals surface area contributed by atoms with E-state index in [1.54, 1.807) is 18.5 Å². The van der Waals surface area contributed by atoms with Crippen LogP contribution in [0.15, 0.2) is 24.5 Å². The van der Waals surface area contributed by atoms with Crippen molar-refractivity contribution in [3.05, 3.63) is 35.1 Å². The topological polar surface area (TPSA) is 90.2 Å². The molecule has 1 atom stereocenters. The van der Waals surface area contributed by atoms with E-state index in [0.29, 0.717) is 23.8 Å². The number of pyridine rings is 1. The Morgan fingerprint density at radius 1 is 1.21 bits per heavy atom. The van der Waals surface area contributed by atoms with Gasteiger partial charge in [-0.1, -0.05) is 11.6 Å². The molecule has 0 aliphatic carbocycles. The van der Waals surface area contributed by atoms with E-state index in [9.17, 15) is 0 Å². The summed E-state index contributed by atoms with van der Waals surface area (Å²) in [5.74, 6) is 2.28. The van der Waals surface area contributed by atoms with Crippen molar-refractivity contribution in [2.45, 2.75) is 18.9 Å². The van der Waals surface area contributed by atoms with Gasteiger partial charge in [-0.2, -0.15) is 10.2 Å². The van der Waals surface area contributed by atoms with Crippen LogP contribution in [0.2, 0.25) is 5.02 Å². The number of nitrogens with zero attached hydrogens (tertiary/aromatic N) is 6. The Morgan fingerprint density at radius 3 is 2.86 bits per heavy atom. The highest BCUT2D eigenvalue weighted by Crippen LogP contribution is 2.27. The molecule has 2 fully saturated rings. The van der Waals surface area contributed by atoms with Crippen molar-refractivity contribution < 1.29 is 4.74 Å². The highest BCUT2D eigenvalue weighted by atomic mass is 35.5. The Hall–Kier alpha value is -2.63. The first kappa shape index (κ1) is 18.7. The van der Waals surface area contributed by atoms with Crippen molar-refractivity contribution in [2.75, 3.05) is 54.5 Å². The number of anilines is 3. The second-order valence-electron chi connectivity index (χ2n) is 6.91. The van der Waals surface area contributed by atoms with Crippen molar-refractivity contribution in [1.29, 1.82) is 5.26 Å². The zero-order chi connectivity index (χ0) is 19.3. The molecule has 0 spiro atoms. The van der Waals surface area contributed by atoms with Crippen molar-refractivity contribution in [2.24, 2.45) is 0 Å². The molecule has 4 rings (SSSR count). The fourth-order valence-electron chi connectivity index (χ4n) is 3.57. The lowest BCUT2D eigenvalue weighted by Crippen LogP contribution is -2.43. The van der Waals surface area contributed by atoms with Gasteiger partial charge in [-0.25, -0.2) is 9.97 Å². The molecule has 0 radical (unpaired) electrons. The van der Waals surface area contributed by atoms with Gasteiger partial charge in [0.15, 0.2) is 0 Å². The number of nitrogens with one attached hydrogen (secondary N) is 1. The highest BCUT2D eigenvalue weighted by molar-refractivity contribution is 6.33. The number of ether oxygens (including phenoxy) is 1. The van der Waals surface area contributed by atoms with Crippen LogP contribution in [0.3, 0.4) is 0 Å². The number of rotatable bonds is 4. The molecular weight excluding hydrogens is 378 g/mol. The van der Waals surface area contributed by atoms with E-state index in [0.717, 1.165) is 56.6 Å². The summed E-state index contributed by atoms with van der Waals surface area (Å²) in [7, 11) is 0. The molecule has 2 saturated heterocycles. The smallest absolute Gasteiger partial charge is 0.227 e. The van der Waals surface area contributed by atoms with E-state index in [2.05, 4.69) is 36.1 Å². The average molecular weight is 400 g/mol. The Balaban J connectivity index is 1.43. The summed E-state index contributed by atoms with van der Waals surface area (Å²) in [4.78, 5) is 17.8. The molecule has 0 amide bonds. The van der Waals surface area contributed by atoms with Gasteiger partial charge in [0.1, 0.15) is 17.7 Å². The van der Waals surface area contributed by atoms with Crippen LogP contribution < -0.4 is 15.1 Å². The molecule has 2 aromatic heterocycles. The second kappa shape index (κ2) is 8.59. The lowest BCUT2D eigenvalue weighted by molar-refractivity contribution is 0.122. The van der Waals surface area contributed by atoms with Gasteiger partial charge in [-0.05, 0) is 25.0 Å². The maximum atomic E-state index is 8.99. The number of nitriles is 1. The van der Waals surface area contributed by atoms with Crippen LogP contribution >= 0.6 is 11.6 Å². The maximum absolute atomic E-state index is 8.99. The van der Waals surface area contributed by atoms with Gasteiger partial charge in [-0.15, -0.1) is 0 Å². The van der Waals surface area contributed by atoms with Gasteiger partial charge in [0.25, 0.3) is 0 Å². The number of piperidine rings is 1. The van der Waals surface area contributed by atoms with Crippen molar-refractivity contribution in [1.82, 2.24) is 15.0 Å². The molecular formula is C19H22ClN7O. The quantitative estimate of drug-likeness (QED) is 0.837. The molecule has 2 aliphatic heterocycles. The molecule has 1 N–H and O–H groups in total. The largest absolute Gasteiger partial charge is 0.378 e. The van der Waals surface area contributed by atoms with E-state index in [4.69, 9.17) is 21.6 Å². The Morgan fingerprint density at radius 2 is 2.07 bits per heavy atom. The Bertz CT molecular complexity index is 866. The van der Waals surface area contributed by atoms with Crippen molar-refractivity contribution in [3.8, 4) is 6.07 Å². The van der Waals surface area contributed by atoms with Crippen molar-refractivity contribution in [3.63, 3.8) is 0 Å². The fraction of sp³-hybridized carbons (Fsp3) is 0.474. The summed E-state index contributed by atoms with van der Waals surface area (Å²) in [5.41, 5.74) is 0.470. The predicted octanol–water partition coefficient (Wildman–Crippen LogP) is 2.31. The first-order valence-corrected chi connectivity index (χ1v) is 9.83. The lowest BCUT2D eigenvalue weighted by atomic mass is 10.1. The predicted molar refractivity (Wildman–Crippen MR) is 108 cm³/mol. The number of aromatic nitrogens is 3. The van der Waals surface area contributed by atoms with Crippen LogP contribution in [-0.2, 0) is 4.74 Å². The Kier molecular flexibility index (Phi) is 5.74. The molecule has 28 heavy (non-hydrogen) atoms. The summed E-state index contributed by atoms with van der Waals surface area (Å²) >= 11 is 6.34. The van der Waals surface area contributed by atoms with E-state index < -0.39 is 0 Å². The highest BCUT2D eigenvalue weighted by Gasteiger charge is 2.23. The van der Waals surface area contributed by atoms with Gasteiger partial charge >= 0.3 is 0 Å². The molecule has 146 valence electrons. The van der Waals surface area contributed by atoms with Crippen LogP contribution in [0, 0.1) is 11.3 Å². The monoisotopic (exact) mass is 399 g/mol. The summed E-state index contributed by atoms with van der Waals surface area (Å²) in [6, 6.07) is 5.86. The third-order valence-corrected chi connectivity index (χ3v) is 5.24. The molecule has 0 saturated carbocycles. The van der Waals surface area contributed by atoms with E-state index >= 15 is 0 Å². The summed E-state index contributed by atoms with van der Waals surface area (Å²) in [6.45, 7) is 4.69. The zero-order valence-electron chi connectivity index (χ0n) is 15.5. The first-order valence-electron chi connectivity index (χ1n) is 9.46. The van der Waals surface area contributed by atoms with Crippen LogP contribution in [0.1, 0.15) is 18.4 Å². The second-order valence-corrected chi connectivity index (χ2v) is 7.32. The number of morpholine rings is 1. The normalized spacial score (nSPS) is 19.9. The summed E-state index contributed by atoms with van der Waals surface area (Å²) in [5, 5.41) is 13.0. The SMILES string of the molecule is N#Cc1cnc(N2CCCC(Nc3ccnc(N4CCOCC4)n3)C2)c(Cl)c1. The molecule has 0 bridgehead atoms. The number of halogens is 1. The van der Waals surface area contributed by atoms with Gasteiger partial charge in [-0.3, -0.25) is 0 Å². The summed E-state index contributed by atoms with van der Waals surface area (Å²) in [6.07, 6.45) is 5.43. The summed E-state index contributed by atoms with van der Waals surface area (Å²) < 4.78 is 5.40. The molecule has 4 heterocycles. The molecule has 8 nitrogen and oxygen atoms in total. The van der Waals surface area contributed by atoms with Crippen LogP contribution in [0.4, 0.5) is 17.6 Å². The third-order valence-electron chi connectivity index (χ3n) is 4.96.